The fourth-order valence-corrected chi connectivity index (χ4v) is 1.50. The molecule has 2 N–H and O–H groups in total. The zero-order valence-corrected chi connectivity index (χ0v) is 9.32. The van der Waals surface area contributed by atoms with E-state index in [1.165, 1.54) is 0 Å². The van der Waals surface area contributed by atoms with Gasteiger partial charge in [-0.05, 0) is 24.7 Å². The maximum atomic E-state index is 11.5. The Morgan fingerprint density at radius 3 is 2.47 bits per heavy atom. The molecule has 0 aromatic rings. The SMILES string of the molecule is CCC(C)CC(=O)NC(C(=O)O)C1CC1. The number of nitrogens with one attached hydrogen (secondary N) is 1. The van der Waals surface area contributed by atoms with Gasteiger partial charge in [-0.2, -0.15) is 0 Å². The van der Waals surface area contributed by atoms with Crippen LogP contribution in [-0.4, -0.2) is 23.0 Å². The van der Waals surface area contributed by atoms with Crippen LogP contribution >= 0.6 is 0 Å². The molecule has 1 rings (SSSR count). The van der Waals surface area contributed by atoms with Crippen LogP contribution in [0.15, 0.2) is 0 Å². The quantitative estimate of drug-likeness (QED) is 0.701. The van der Waals surface area contributed by atoms with Crippen LogP contribution in [0.25, 0.3) is 0 Å². The first-order valence-electron chi connectivity index (χ1n) is 5.56. The third-order valence-corrected chi connectivity index (χ3v) is 2.91. The van der Waals surface area contributed by atoms with Crippen molar-refractivity contribution >= 4 is 11.9 Å². The third-order valence-electron chi connectivity index (χ3n) is 2.91. The van der Waals surface area contributed by atoms with E-state index < -0.39 is 12.0 Å². The summed E-state index contributed by atoms with van der Waals surface area (Å²) in [5, 5.41) is 11.5. The highest BCUT2D eigenvalue weighted by molar-refractivity contribution is 5.84. The van der Waals surface area contributed by atoms with Crippen molar-refractivity contribution in [2.45, 2.75) is 45.6 Å². The number of hydrogen-bond acceptors (Lipinski definition) is 2. The van der Waals surface area contributed by atoms with Crippen molar-refractivity contribution in [3.05, 3.63) is 0 Å². The van der Waals surface area contributed by atoms with Gasteiger partial charge < -0.3 is 10.4 Å². The summed E-state index contributed by atoms with van der Waals surface area (Å²) in [5.41, 5.74) is 0. The van der Waals surface area contributed by atoms with Crippen molar-refractivity contribution in [3.8, 4) is 0 Å². The molecule has 0 saturated heterocycles. The Morgan fingerprint density at radius 2 is 2.07 bits per heavy atom. The van der Waals surface area contributed by atoms with Gasteiger partial charge in [-0.3, -0.25) is 4.79 Å². The van der Waals surface area contributed by atoms with Crippen molar-refractivity contribution < 1.29 is 14.7 Å². The van der Waals surface area contributed by atoms with Crippen LogP contribution in [0.1, 0.15) is 39.5 Å². The van der Waals surface area contributed by atoms with Crippen LogP contribution < -0.4 is 5.32 Å². The Bertz CT molecular complexity index is 248. The highest BCUT2D eigenvalue weighted by Gasteiger charge is 2.37. The molecule has 2 unspecified atom stereocenters. The summed E-state index contributed by atoms with van der Waals surface area (Å²) >= 11 is 0. The number of hydrogen-bond donors (Lipinski definition) is 2. The van der Waals surface area contributed by atoms with Crippen LogP contribution in [0.5, 0.6) is 0 Å². The second-order valence-electron chi connectivity index (χ2n) is 4.44. The lowest BCUT2D eigenvalue weighted by molar-refractivity contribution is -0.142. The molecule has 0 aromatic carbocycles. The summed E-state index contributed by atoms with van der Waals surface area (Å²) in [7, 11) is 0. The summed E-state index contributed by atoms with van der Waals surface area (Å²) in [6.07, 6.45) is 3.20. The average molecular weight is 213 g/mol. The summed E-state index contributed by atoms with van der Waals surface area (Å²) in [6, 6.07) is -0.665. The minimum atomic E-state index is -0.907. The van der Waals surface area contributed by atoms with Gasteiger partial charge in [-0.1, -0.05) is 20.3 Å². The summed E-state index contributed by atoms with van der Waals surface area (Å²) in [5.74, 6) is -0.569. The van der Waals surface area contributed by atoms with E-state index in [2.05, 4.69) is 5.32 Å². The Balaban J connectivity index is 2.37. The van der Waals surface area contributed by atoms with Crippen molar-refractivity contribution in [1.29, 1.82) is 0 Å². The first kappa shape index (κ1) is 12.0. The highest BCUT2D eigenvalue weighted by Crippen LogP contribution is 2.32. The predicted octanol–water partition coefficient (Wildman–Crippen LogP) is 1.40. The minimum Gasteiger partial charge on any atom is -0.480 e. The molecule has 1 aliphatic carbocycles. The molecule has 2 atom stereocenters. The van der Waals surface area contributed by atoms with Crippen molar-refractivity contribution in [3.63, 3.8) is 0 Å². The number of aliphatic carboxylic acids is 1. The van der Waals surface area contributed by atoms with E-state index >= 15 is 0 Å². The first-order valence-corrected chi connectivity index (χ1v) is 5.56. The molecule has 15 heavy (non-hydrogen) atoms. The van der Waals surface area contributed by atoms with Crippen LogP contribution in [0.2, 0.25) is 0 Å². The molecule has 1 fully saturated rings. The fourth-order valence-electron chi connectivity index (χ4n) is 1.50. The molecule has 4 heteroatoms. The Labute approximate surface area is 90.0 Å². The molecule has 0 aliphatic heterocycles. The number of carbonyl (C=O) groups is 2. The lowest BCUT2D eigenvalue weighted by Gasteiger charge is -2.15. The van der Waals surface area contributed by atoms with E-state index in [0.717, 1.165) is 19.3 Å². The van der Waals surface area contributed by atoms with Gasteiger partial charge >= 0.3 is 5.97 Å². The molecular formula is C11H19NO3. The monoisotopic (exact) mass is 213 g/mol. The molecule has 0 bridgehead atoms. The van der Waals surface area contributed by atoms with E-state index in [4.69, 9.17) is 5.11 Å². The van der Waals surface area contributed by atoms with Crippen LogP contribution in [0.3, 0.4) is 0 Å². The Morgan fingerprint density at radius 1 is 1.47 bits per heavy atom. The van der Waals surface area contributed by atoms with Gasteiger partial charge in [0.1, 0.15) is 6.04 Å². The van der Waals surface area contributed by atoms with Gasteiger partial charge in [0.2, 0.25) is 5.91 Å². The lowest BCUT2D eigenvalue weighted by atomic mass is 10.0. The molecule has 0 radical (unpaired) electrons. The summed E-state index contributed by atoms with van der Waals surface area (Å²) in [6.45, 7) is 4.01. The van der Waals surface area contributed by atoms with E-state index in [0.29, 0.717) is 12.3 Å². The maximum absolute atomic E-state index is 11.5. The second kappa shape index (κ2) is 5.14. The van der Waals surface area contributed by atoms with E-state index in [-0.39, 0.29) is 11.8 Å². The number of carbonyl (C=O) groups excluding carboxylic acids is 1. The Hall–Kier alpha value is -1.06. The highest BCUT2D eigenvalue weighted by atomic mass is 16.4. The van der Waals surface area contributed by atoms with Crippen LogP contribution in [0.4, 0.5) is 0 Å². The molecule has 1 saturated carbocycles. The largest absolute Gasteiger partial charge is 0.480 e. The lowest BCUT2D eigenvalue weighted by Crippen LogP contribution is -2.42. The number of amides is 1. The fraction of sp³-hybridized carbons (Fsp3) is 0.818. The first-order chi connectivity index (χ1) is 7.04. The van der Waals surface area contributed by atoms with Gasteiger partial charge in [-0.25, -0.2) is 4.79 Å². The Kier molecular flexibility index (Phi) is 4.12. The average Bonchev–Trinajstić information content (AvgIpc) is 2.96. The second-order valence-corrected chi connectivity index (χ2v) is 4.44. The van der Waals surface area contributed by atoms with Crippen molar-refractivity contribution in [2.75, 3.05) is 0 Å². The summed E-state index contributed by atoms with van der Waals surface area (Å²) < 4.78 is 0. The molecule has 1 amide bonds. The predicted molar refractivity (Wildman–Crippen MR) is 56.4 cm³/mol. The van der Waals surface area contributed by atoms with Crippen LogP contribution in [0, 0.1) is 11.8 Å². The topological polar surface area (TPSA) is 66.4 Å². The zero-order valence-electron chi connectivity index (χ0n) is 9.32. The van der Waals surface area contributed by atoms with Crippen molar-refractivity contribution in [1.82, 2.24) is 5.32 Å². The van der Waals surface area contributed by atoms with Crippen molar-refractivity contribution in [2.24, 2.45) is 11.8 Å². The van der Waals surface area contributed by atoms with E-state index in [1.807, 2.05) is 13.8 Å². The standard InChI is InChI=1S/C11H19NO3/c1-3-7(2)6-9(13)12-10(11(14)15)8-4-5-8/h7-8,10H,3-6H2,1-2H3,(H,12,13)(H,14,15). The molecular weight excluding hydrogens is 194 g/mol. The molecule has 1 aliphatic rings. The number of carboxylic acids is 1. The summed E-state index contributed by atoms with van der Waals surface area (Å²) in [4.78, 5) is 22.3. The normalized spacial score (nSPS) is 19.3. The van der Waals surface area contributed by atoms with Gasteiger partial charge in [0.25, 0.3) is 0 Å². The zero-order chi connectivity index (χ0) is 11.4. The third kappa shape index (κ3) is 3.90. The molecule has 0 aromatic heterocycles. The number of carboxylic acid groups (broad SMARTS) is 1. The van der Waals surface area contributed by atoms with Gasteiger partial charge in [-0.15, -0.1) is 0 Å². The van der Waals surface area contributed by atoms with Crippen LogP contribution in [-0.2, 0) is 9.59 Å². The van der Waals surface area contributed by atoms with Gasteiger partial charge in [0, 0.05) is 6.42 Å². The number of rotatable bonds is 6. The minimum absolute atomic E-state index is 0.136. The van der Waals surface area contributed by atoms with Gasteiger partial charge in [0.15, 0.2) is 0 Å². The molecule has 0 spiro atoms. The molecule has 86 valence electrons. The van der Waals surface area contributed by atoms with Gasteiger partial charge in [0.05, 0.1) is 0 Å². The smallest absolute Gasteiger partial charge is 0.326 e. The van der Waals surface area contributed by atoms with E-state index in [9.17, 15) is 9.59 Å². The maximum Gasteiger partial charge on any atom is 0.326 e. The van der Waals surface area contributed by atoms with E-state index in [1.54, 1.807) is 0 Å². The molecule has 0 heterocycles. The molecule has 4 nitrogen and oxygen atoms in total.